The topological polar surface area (TPSA) is 46.6 Å². The lowest BCUT2D eigenvalue weighted by Crippen LogP contribution is -2.55. The molecular weight excluding hydrogens is 254 g/mol. The normalized spacial score (nSPS) is 21.6. The van der Waals surface area contributed by atoms with Crippen LogP contribution in [0.5, 0.6) is 0 Å². The van der Waals surface area contributed by atoms with Gasteiger partial charge in [0.05, 0.1) is 0 Å². The van der Waals surface area contributed by atoms with Gasteiger partial charge in [0.15, 0.2) is 0 Å². The standard InChI is InChI=1S/C16H27NO3/c1-16(2,3)20-15(19)17(13-8-5-9-13)14(10-11-18)12-6-4-7-12/h11-14H,4-10H2,1-3H3. The first-order chi connectivity index (χ1) is 9.42. The van der Waals surface area contributed by atoms with Crippen LogP contribution < -0.4 is 0 Å². The van der Waals surface area contributed by atoms with Crippen LogP contribution in [0.15, 0.2) is 0 Å². The molecule has 0 heterocycles. The molecule has 4 nitrogen and oxygen atoms in total. The van der Waals surface area contributed by atoms with Gasteiger partial charge < -0.3 is 14.4 Å². The van der Waals surface area contributed by atoms with Crippen LogP contribution in [0.4, 0.5) is 4.79 Å². The van der Waals surface area contributed by atoms with Gasteiger partial charge in [-0.25, -0.2) is 4.79 Å². The van der Waals surface area contributed by atoms with Crippen LogP contribution in [-0.4, -0.2) is 35.0 Å². The van der Waals surface area contributed by atoms with Gasteiger partial charge in [-0.3, -0.25) is 0 Å². The summed E-state index contributed by atoms with van der Waals surface area (Å²) in [5.41, 5.74) is -0.482. The fourth-order valence-corrected chi connectivity index (χ4v) is 2.99. The Hall–Kier alpha value is -1.06. The van der Waals surface area contributed by atoms with Crippen LogP contribution in [0.3, 0.4) is 0 Å². The second kappa shape index (κ2) is 6.15. The lowest BCUT2D eigenvalue weighted by atomic mass is 9.76. The van der Waals surface area contributed by atoms with Crippen LogP contribution in [0.25, 0.3) is 0 Å². The Morgan fingerprint density at radius 1 is 1.25 bits per heavy atom. The number of carbonyl (C=O) groups excluding carboxylic acids is 2. The minimum atomic E-state index is -0.482. The predicted octanol–water partition coefficient (Wildman–Crippen LogP) is 3.53. The van der Waals surface area contributed by atoms with Crippen molar-refractivity contribution in [3.8, 4) is 0 Å². The van der Waals surface area contributed by atoms with E-state index in [1.54, 1.807) is 0 Å². The average molecular weight is 281 g/mol. The Kier molecular flexibility index (Phi) is 4.71. The summed E-state index contributed by atoms with van der Waals surface area (Å²) < 4.78 is 5.57. The van der Waals surface area contributed by atoms with Crippen molar-refractivity contribution in [2.45, 2.75) is 83.4 Å². The lowest BCUT2D eigenvalue weighted by Gasteiger charge is -2.47. The molecule has 114 valence electrons. The molecule has 0 aromatic heterocycles. The Labute approximate surface area is 121 Å². The Balaban J connectivity index is 2.11. The van der Waals surface area contributed by atoms with Crippen LogP contribution in [0, 0.1) is 5.92 Å². The van der Waals surface area contributed by atoms with Crippen molar-refractivity contribution >= 4 is 12.4 Å². The second-order valence-electron chi connectivity index (χ2n) is 7.13. The second-order valence-corrected chi connectivity index (χ2v) is 7.13. The molecule has 20 heavy (non-hydrogen) atoms. The van der Waals surface area contributed by atoms with Crippen LogP contribution in [-0.2, 0) is 9.53 Å². The fraction of sp³-hybridized carbons (Fsp3) is 0.875. The third-order valence-electron chi connectivity index (χ3n) is 4.46. The van der Waals surface area contributed by atoms with Crippen molar-refractivity contribution in [1.29, 1.82) is 0 Å². The van der Waals surface area contributed by atoms with E-state index in [1.807, 2.05) is 25.7 Å². The zero-order valence-electron chi connectivity index (χ0n) is 12.9. The van der Waals surface area contributed by atoms with Crippen molar-refractivity contribution in [1.82, 2.24) is 4.90 Å². The number of amides is 1. The highest BCUT2D eigenvalue weighted by Crippen LogP contribution is 2.38. The predicted molar refractivity (Wildman–Crippen MR) is 77.5 cm³/mol. The molecule has 1 unspecified atom stereocenters. The van der Waals surface area contributed by atoms with E-state index < -0.39 is 5.60 Å². The molecule has 0 aromatic carbocycles. The van der Waals surface area contributed by atoms with E-state index in [9.17, 15) is 9.59 Å². The summed E-state index contributed by atoms with van der Waals surface area (Å²) in [6, 6.07) is 0.316. The summed E-state index contributed by atoms with van der Waals surface area (Å²) in [7, 11) is 0. The van der Waals surface area contributed by atoms with E-state index in [2.05, 4.69) is 0 Å². The van der Waals surface area contributed by atoms with Crippen molar-refractivity contribution in [3.63, 3.8) is 0 Å². The average Bonchev–Trinajstić information content (AvgIpc) is 2.17. The number of hydrogen-bond donors (Lipinski definition) is 0. The maximum atomic E-state index is 12.5. The first kappa shape index (κ1) is 15.3. The highest BCUT2D eigenvalue weighted by molar-refractivity contribution is 5.70. The summed E-state index contributed by atoms with van der Waals surface area (Å²) in [5.74, 6) is 0.480. The summed E-state index contributed by atoms with van der Waals surface area (Å²) >= 11 is 0. The molecule has 0 aromatic rings. The molecule has 0 spiro atoms. The van der Waals surface area contributed by atoms with Gasteiger partial charge >= 0.3 is 6.09 Å². The van der Waals surface area contributed by atoms with Crippen molar-refractivity contribution in [2.75, 3.05) is 0 Å². The van der Waals surface area contributed by atoms with Crippen molar-refractivity contribution < 1.29 is 14.3 Å². The van der Waals surface area contributed by atoms with Crippen molar-refractivity contribution in [2.24, 2.45) is 5.92 Å². The van der Waals surface area contributed by atoms with Crippen molar-refractivity contribution in [3.05, 3.63) is 0 Å². The van der Waals surface area contributed by atoms with Gasteiger partial charge in [0.2, 0.25) is 0 Å². The lowest BCUT2D eigenvalue weighted by molar-refractivity contribution is -0.110. The van der Waals surface area contributed by atoms with Gasteiger partial charge in [0.1, 0.15) is 11.9 Å². The summed E-state index contributed by atoms with van der Waals surface area (Å²) in [6.07, 6.45) is 7.90. The molecule has 2 aliphatic carbocycles. The Morgan fingerprint density at radius 3 is 2.20 bits per heavy atom. The Bertz CT molecular complexity index is 353. The van der Waals surface area contributed by atoms with Gasteiger partial charge in [0.25, 0.3) is 0 Å². The van der Waals surface area contributed by atoms with Crippen LogP contribution >= 0.6 is 0 Å². The monoisotopic (exact) mass is 281 g/mol. The van der Waals surface area contributed by atoms with E-state index in [-0.39, 0.29) is 18.2 Å². The Morgan fingerprint density at radius 2 is 1.85 bits per heavy atom. The molecule has 0 radical (unpaired) electrons. The third kappa shape index (κ3) is 3.53. The number of carbonyl (C=O) groups is 2. The van der Waals surface area contributed by atoms with E-state index in [0.29, 0.717) is 12.3 Å². The molecule has 1 amide bonds. The third-order valence-corrected chi connectivity index (χ3v) is 4.46. The molecule has 2 aliphatic rings. The highest BCUT2D eigenvalue weighted by atomic mass is 16.6. The highest BCUT2D eigenvalue weighted by Gasteiger charge is 2.41. The SMILES string of the molecule is CC(C)(C)OC(=O)N(C1CCC1)C(CC=O)C1CCC1. The molecule has 2 fully saturated rings. The van der Waals surface area contributed by atoms with Gasteiger partial charge in [-0.15, -0.1) is 0 Å². The maximum Gasteiger partial charge on any atom is 0.410 e. The number of rotatable bonds is 5. The van der Waals surface area contributed by atoms with Gasteiger partial charge in [0, 0.05) is 18.5 Å². The summed E-state index contributed by atoms with van der Waals surface area (Å²) in [6.45, 7) is 5.67. The zero-order chi connectivity index (χ0) is 14.8. The summed E-state index contributed by atoms with van der Waals surface area (Å²) in [5, 5.41) is 0. The smallest absolute Gasteiger partial charge is 0.410 e. The molecule has 4 heteroatoms. The molecule has 0 N–H and O–H groups in total. The quantitative estimate of drug-likeness (QED) is 0.724. The first-order valence-corrected chi connectivity index (χ1v) is 7.87. The molecule has 2 rings (SSSR count). The fourth-order valence-electron chi connectivity index (χ4n) is 2.99. The van der Waals surface area contributed by atoms with Crippen LogP contribution in [0.1, 0.15) is 65.7 Å². The minimum absolute atomic E-state index is 0.0430. The number of nitrogens with zero attached hydrogens (tertiary/aromatic N) is 1. The molecule has 0 saturated heterocycles. The summed E-state index contributed by atoms with van der Waals surface area (Å²) in [4.78, 5) is 25.5. The molecule has 0 aliphatic heterocycles. The maximum absolute atomic E-state index is 12.5. The number of ether oxygens (including phenoxy) is 1. The van der Waals surface area contributed by atoms with E-state index in [0.717, 1.165) is 32.0 Å². The zero-order valence-corrected chi connectivity index (χ0v) is 12.9. The number of hydrogen-bond acceptors (Lipinski definition) is 3. The van der Waals surface area contributed by atoms with Gasteiger partial charge in [-0.05, 0) is 58.8 Å². The molecule has 1 atom stereocenters. The van der Waals surface area contributed by atoms with Gasteiger partial charge in [-0.2, -0.15) is 0 Å². The largest absolute Gasteiger partial charge is 0.444 e. The van der Waals surface area contributed by atoms with E-state index in [1.165, 1.54) is 12.8 Å². The van der Waals surface area contributed by atoms with Crippen LogP contribution in [0.2, 0.25) is 0 Å². The number of aldehydes is 1. The van der Waals surface area contributed by atoms with Gasteiger partial charge in [-0.1, -0.05) is 6.42 Å². The van der Waals surface area contributed by atoms with E-state index in [4.69, 9.17) is 4.74 Å². The minimum Gasteiger partial charge on any atom is -0.444 e. The molecule has 0 bridgehead atoms. The van der Waals surface area contributed by atoms with E-state index >= 15 is 0 Å². The molecule has 2 saturated carbocycles. The molecular formula is C16H27NO3. The first-order valence-electron chi connectivity index (χ1n) is 7.87.